The van der Waals surface area contributed by atoms with Gasteiger partial charge in [-0.25, -0.2) is 0 Å². The average molecular weight is 370 g/mol. The lowest BCUT2D eigenvalue weighted by Gasteiger charge is -2.22. The van der Waals surface area contributed by atoms with Crippen molar-refractivity contribution in [2.45, 2.75) is 12.3 Å². The number of carbonyl (C=O) groups is 1. The Kier molecular flexibility index (Phi) is 5.16. The first-order valence-corrected chi connectivity index (χ1v) is 7.48. The minimum absolute atomic E-state index is 0.0440. The Labute approximate surface area is 145 Å². The lowest BCUT2D eigenvalue weighted by atomic mass is 10.1. The molecule has 0 saturated carbocycles. The first kappa shape index (κ1) is 17.9. The van der Waals surface area contributed by atoms with Gasteiger partial charge in [0.25, 0.3) is 5.91 Å². The van der Waals surface area contributed by atoms with E-state index in [1.165, 1.54) is 30.5 Å². The molecule has 0 radical (unpaired) electrons. The van der Waals surface area contributed by atoms with Gasteiger partial charge in [-0.15, -0.1) is 0 Å². The number of nitrogens with one attached hydrogen (secondary N) is 1. The minimum Gasteiger partial charge on any atom is -0.388 e. The van der Waals surface area contributed by atoms with Crippen LogP contribution in [0.2, 0.25) is 0 Å². The van der Waals surface area contributed by atoms with Crippen molar-refractivity contribution < 1.29 is 32.1 Å². The molecular formula is C15H13F3N4O4. The van der Waals surface area contributed by atoms with E-state index >= 15 is 0 Å². The number of benzene rings is 1. The number of oxime groups is 1. The molecule has 0 spiro atoms. The molecule has 1 fully saturated rings. The van der Waals surface area contributed by atoms with Crippen LogP contribution in [-0.2, 0) is 15.8 Å². The van der Waals surface area contributed by atoms with Crippen molar-refractivity contribution in [1.82, 2.24) is 15.5 Å². The molecule has 1 aliphatic heterocycles. The summed E-state index contributed by atoms with van der Waals surface area (Å²) in [6.07, 6.45) is -3.35. The fourth-order valence-corrected chi connectivity index (χ4v) is 1.91. The highest BCUT2D eigenvalue weighted by Gasteiger charge is 2.38. The number of carbonyl (C=O) groups excluding carboxylic acids is 1. The topological polar surface area (TPSA) is 98.8 Å². The lowest BCUT2D eigenvalue weighted by molar-refractivity contribution is -0.159. The standard InChI is InChI=1S/C15H13F3N4O4/c16-15(17,18)14-21-12(22-26-14)9-1-3-10(4-2-9)13(23)19-5-6-20-25-11-7-24-8-11/h1-4,6,11H,5,7-8H2,(H,19,23)/b20-6-. The van der Waals surface area contributed by atoms with Gasteiger partial charge in [0, 0.05) is 11.1 Å². The Bertz CT molecular complexity index is 785. The fourth-order valence-electron chi connectivity index (χ4n) is 1.91. The summed E-state index contributed by atoms with van der Waals surface area (Å²) in [4.78, 5) is 20.3. The van der Waals surface area contributed by atoms with Crippen LogP contribution in [0.25, 0.3) is 11.4 Å². The van der Waals surface area contributed by atoms with E-state index in [-0.39, 0.29) is 24.4 Å². The molecule has 0 atom stereocenters. The Balaban J connectivity index is 1.53. The molecule has 1 saturated heterocycles. The molecule has 1 aromatic carbocycles. The number of hydrogen-bond donors (Lipinski definition) is 1. The van der Waals surface area contributed by atoms with Crippen LogP contribution in [0.3, 0.4) is 0 Å². The first-order valence-electron chi connectivity index (χ1n) is 7.48. The summed E-state index contributed by atoms with van der Waals surface area (Å²) >= 11 is 0. The maximum atomic E-state index is 12.5. The highest BCUT2D eigenvalue weighted by atomic mass is 19.4. The summed E-state index contributed by atoms with van der Waals surface area (Å²) in [6.45, 7) is 1.16. The maximum Gasteiger partial charge on any atom is 0.471 e. The Morgan fingerprint density at radius 3 is 2.65 bits per heavy atom. The Hall–Kier alpha value is -2.95. The number of amides is 1. The molecule has 1 aromatic heterocycles. The van der Waals surface area contributed by atoms with Crippen molar-refractivity contribution in [2.24, 2.45) is 5.16 Å². The molecule has 26 heavy (non-hydrogen) atoms. The maximum absolute atomic E-state index is 12.5. The van der Waals surface area contributed by atoms with Gasteiger partial charge in [-0.3, -0.25) is 4.79 Å². The van der Waals surface area contributed by atoms with Crippen LogP contribution in [0, 0.1) is 0 Å². The van der Waals surface area contributed by atoms with Crippen LogP contribution < -0.4 is 5.32 Å². The second-order valence-corrected chi connectivity index (χ2v) is 5.26. The third-order valence-corrected chi connectivity index (χ3v) is 3.32. The zero-order valence-corrected chi connectivity index (χ0v) is 13.2. The predicted molar refractivity (Wildman–Crippen MR) is 81.3 cm³/mol. The fraction of sp³-hybridized carbons (Fsp3) is 0.333. The highest BCUT2D eigenvalue weighted by molar-refractivity contribution is 5.95. The molecule has 1 aliphatic rings. The summed E-state index contributed by atoms with van der Waals surface area (Å²) in [5.41, 5.74) is 0.605. The van der Waals surface area contributed by atoms with Gasteiger partial charge in [0.05, 0.1) is 26.0 Å². The monoisotopic (exact) mass is 370 g/mol. The molecule has 11 heteroatoms. The molecule has 0 unspecified atom stereocenters. The predicted octanol–water partition coefficient (Wildman–Crippen LogP) is 1.89. The van der Waals surface area contributed by atoms with Gasteiger partial charge in [0.15, 0.2) is 6.10 Å². The van der Waals surface area contributed by atoms with E-state index in [2.05, 4.69) is 25.1 Å². The number of aromatic nitrogens is 2. The van der Waals surface area contributed by atoms with Crippen molar-refractivity contribution in [3.05, 3.63) is 35.7 Å². The molecule has 0 aliphatic carbocycles. The number of rotatable bonds is 6. The molecular weight excluding hydrogens is 357 g/mol. The van der Waals surface area contributed by atoms with Crippen molar-refractivity contribution in [2.75, 3.05) is 19.8 Å². The van der Waals surface area contributed by atoms with Crippen molar-refractivity contribution in [3.8, 4) is 11.4 Å². The quantitative estimate of drug-likeness (QED) is 0.616. The lowest BCUT2D eigenvalue weighted by Crippen LogP contribution is -2.34. The van der Waals surface area contributed by atoms with Gasteiger partial charge in [-0.05, 0) is 12.1 Å². The van der Waals surface area contributed by atoms with Crippen molar-refractivity contribution in [3.63, 3.8) is 0 Å². The average Bonchev–Trinajstić information content (AvgIpc) is 3.06. The van der Waals surface area contributed by atoms with E-state index in [4.69, 9.17) is 9.57 Å². The van der Waals surface area contributed by atoms with Gasteiger partial charge in [0.2, 0.25) is 5.82 Å². The normalized spacial score (nSPS) is 15.0. The Morgan fingerprint density at radius 2 is 2.08 bits per heavy atom. The number of halogens is 3. The SMILES string of the molecule is O=C(NC/C=N\OC1COC1)c1ccc(-c2noc(C(F)(F)F)n2)cc1. The number of hydrogen-bond acceptors (Lipinski definition) is 7. The second-order valence-electron chi connectivity index (χ2n) is 5.26. The second kappa shape index (κ2) is 7.52. The Morgan fingerprint density at radius 1 is 1.35 bits per heavy atom. The van der Waals surface area contributed by atoms with E-state index in [9.17, 15) is 18.0 Å². The number of nitrogens with zero attached hydrogens (tertiary/aromatic N) is 3. The number of ether oxygens (including phenoxy) is 1. The molecule has 138 valence electrons. The smallest absolute Gasteiger partial charge is 0.388 e. The third-order valence-electron chi connectivity index (χ3n) is 3.32. The summed E-state index contributed by atoms with van der Waals surface area (Å²) < 4.78 is 46.4. The molecule has 2 aromatic rings. The van der Waals surface area contributed by atoms with Crippen LogP contribution >= 0.6 is 0 Å². The zero-order valence-electron chi connectivity index (χ0n) is 13.2. The number of alkyl halides is 3. The van der Waals surface area contributed by atoms with Crippen molar-refractivity contribution >= 4 is 12.1 Å². The van der Waals surface area contributed by atoms with Gasteiger partial charge < -0.3 is 19.4 Å². The molecule has 2 heterocycles. The zero-order chi connectivity index (χ0) is 18.6. The first-order chi connectivity index (χ1) is 12.4. The summed E-state index contributed by atoms with van der Waals surface area (Å²) in [5.74, 6) is -2.02. The summed E-state index contributed by atoms with van der Waals surface area (Å²) in [5, 5.41) is 9.57. The largest absolute Gasteiger partial charge is 0.471 e. The van der Waals surface area contributed by atoms with Crippen molar-refractivity contribution in [1.29, 1.82) is 0 Å². The van der Waals surface area contributed by atoms with E-state index in [0.29, 0.717) is 24.3 Å². The van der Waals surface area contributed by atoms with E-state index in [1.54, 1.807) is 0 Å². The van der Waals surface area contributed by atoms with E-state index in [0.717, 1.165) is 0 Å². The van der Waals surface area contributed by atoms with E-state index in [1.807, 2.05) is 0 Å². The molecule has 1 amide bonds. The van der Waals surface area contributed by atoms with Gasteiger partial charge in [-0.1, -0.05) is 22.4 Å². The van der Waals surface area contributed by atoms with Gasteiger partial charge in [-0.2, -0.15) is 18.2 Å². The molecule has 3 rings (SSSR count). The van der Waals surface area contributed by atoms with Gasteiger partial charge >= 0.3 is 12.1 Å². The summed E-state index contributed by atoms with van der Waals surface area (Å²) in [7, 11) is 0. The van der Waals surface area contributed by atoms with Crippen LogP contribution in [-0.4, -0.2) is 48.1 Å². The van der Waals surface area contributed by atoms with Gasteiger partial charge in [0.1, 0.15) is 0 Å². The summed E-state index contributed by atoms with van der Waals surface area (Å²) in [6, 6.07) is 5.72. The third kappa shape index (κ3) is 4.36. The van der Waals surface area contributed by atoms with E-state index < -0.39 is 12.1 Å². The van der Waals surface area contributed by atoms with Crippen LogP contribution in [0.1, 0.15) is 16.2 Å². The molecule has 1 N–H and O–H groups in total. The highest BCUT2D eigenvalue weighted by Crippen LogP contribution is 2.29. The molecule has 0 bridgehead atoms. The minimum atomic E-state index is -4.71. The van der Waals surface area contributed by atoms with Crippen LogP contribution in [0.15, 0.2) is 33.9 Å². The molecule has 8 nitrogen and oxygen atoms in total. The van der Waals surface area contributed by atoms with Crippen LogP contribution in [0.5, 0.6) is 0 Å². The van der Waals surface area contributed by atoms with Crippen LogP contribution in [0.4, 0.5) is 13.2 Å².